The van der Waals surface area contributed by atoms with Gasteiger partial charge in [-0.05, 0) is 37.5 Å². The maximum Gasteiger partial charge on any atom is 0.235 e. The number of hydrogen-bond donors (Lipinski definition) is 0. The second kappa shape index (κ2) is 4.80. The van der Waals surface area contributed by atoms with Crippen LogP contribution < -0.4 is 9.04 Å². The molecule has 0 N–H and O–H groups in total. The molecule has 4 nitrogen and oxygen atoms in total. The zero-order chi connectivity index (χ0) is 13.3. The summed E-state index contributed by atoms with van der Waals surface area (Å²) in [6, 6.07) is 3.89. The molecular weight excluding hydrogens is 250 g/mol. The molecule has 0 saturated heterocycles. The minimum Gasteiger partial charge on any atom is -0.489 e. The van der Waals surface area contributed by atoms with Crippen molar-refractivity contribution in [3.63, 3.8) is 0 Å². The van der Waals surface area contributed by atoms with E-state index in [0.717, 1.165) is 11.1 Å². The first kappa shape index (κ1) is 13.2. The Kier molecular flexibility index (Phi) is 3.52. The van der Waals surface area contributed by atoms with Crippen molar-refractivity contribution >= 4 is 15.7 Å². The van der Waals surface area contributed by atoms with Crippen LogP contribution in [-0.2, 0) is 10.0 Å². The molecule has 100 valence electrons. The minimum atomic E-state index is -3.23. The van der Waals surface area contributed by atoms with Crippen LogP contribution in [0.25, 0.3) is 0 Å². The van der Waals surface area contributed by atoms with Gasteiger partial charge in [0.2, 0.25) is 10.0 Å². The molecule has 0 aromatic heterocycles. The van der Waals surface area contributed by atoms with Gasteiger partial charge in [0.15, 0.2) is 0 Å². The van der Waals surface area contributed by atoms with Crippen LogP contribution in [-0.4, -0.2) is 27.3 Å². The number of fused-ring (bicyclic) bond motifs is 1. The topological polar surface area (TPSA) is 46.6 Å². The maximum absolute atomic E-state index is 12.3. The molecule has 0 bridgehead atoms. The van der Waals surface area contributed by atoms with Gasteiger partial charge in [0.05, 0.1) is 18.0 Å². The lowest BCUT2D eigenvalue weighted by Crippen LogP contribution is -2.39. The largest absolute Gasteiger partial charge is 0.489 e. The van der Waals surface area contributed by atoms with Crippen LogP contribution in [0.15, 0.2) is 12.1 Å². The van der Waals surface area contributed by atoms with Gasteiger partial charge in [0, 0.05) is 0 Å². The first-order valence-electron chi connectivity index (χ1n) is 6.20. The SMILES string of the molecule is CCCS(=O)(=O)N1CCOc2cc(C)cc(C)c21. The molecule has 1 aliphatic rings. The molecule has 2 rings (SSSR count). The van der Waals surface area contributed by atoms with Crippen molar-refractivity contribution < 1.29 is 13.2 Å². The lowest BCUT2D eigenvalue weighted by molar-refractivity contribution is 0.315. The Morgan fingerprint density at radius 1 is 1.33 bits per heavy atom. The van der Waals surface area contributed by atoms with Crippen LogP contribution in [0.3, 0.4) is 0 Å². The Labute approximate surface area is 109 Å². The summed E-state index contributed by atoms with van der Waals surface area (Å²) in [5, 5.41) is 0. The minimum absolute atomic E-state index is 0.180. The van der Waals surface area contributed by atoms with E-state index in [2.05, 4.69) is 0 Å². The van der Waals surface area contributed by atoms with Gasteiger partial charge in [-0.3, -0.25) is 4.31 Å². The molecule has 1 heterocycles. The van der Waals surface area contributed by atoms with Crippen molar-refractivity contribution in [1.82, 2.24) is 0 Å². The summed E-state index contributed by atoms with van der Waals surface area (Å²) < 4.78 is 31.6. The van der Waals surface area contributed by atoms with Crippen LogP contribution in [0.1, 0.15) is 24.5 Å². The highest BCUT2D eigenvalue weighted by Gasteiger charge is 2.29. The predicted molar refractivity (Wildman–Crippen MR) is 72.8 cm³/mol. The number of sulfonamides is 1. The smallest absolute Gasteiger partial charge is 0.235 e. The quantitative estimate of drug-likeness (QED) is 0.845. The Balaban J connectivity index is 2.52. The van der Waals surface area contributed by atoms with E-state index in [-0.39, 0.29) is 5.75 Å². The third-order valence-corrected chi connectivity index (χ3v) is 4.97. The van der Waals surface area contributed by atoms with E-state index in [9.17, 15) is 8.42 Å². The maximum atomic E-state index is 12.3. The summed E-state index contributed by atoms with van der Waals surface area (Å²) in [6.45, 7) is 6.60. The van der Waals surface area contributed by atoms with E-state index in [1.54, 1.807) is 0 Å². The van der Waals surface area contributed by atoms with Gasteiger partial charge < -0.3 is 4.74 Å². The number of hydrogen-bond acceptors (Lipinski definition) is 3. The van der Waals surface area contributed by atoms with E-state index >= 15 is 0 Å². The number of aryl methyl sites for hydroxylation is 2. The van der Waals surface area contributed by atoms with Gasteiger partial charge in [-0.15, -0.1) is 0 Å². The number of anilines is 1. The monoisotopic (exact) mass is 269 g/mol. The number of rotatable bonds is 3. The van der Waals surface area contributed by atoms with E-state index in [0.29, 0.717) is 31.0 Å². The van der Waals surface area contributed by atoms with Crippen molar-refractivity contribution in [3.05, 3.63) is 23.3 Å². The molecule has 0 saturated carbocycles. The molecule has 0 radical (unpaired) electrons. The van der Waals surface area contributed by atoms with Crippen molar-refractivity contribution in [2.24, 2.45) is 0 Å². The van der Waals surface area contributed by atoms with Gasteiger partial charge in [-0.2, -0.15) is 0 Å². The molecule has 1 aromatic rings. The van der Waals surface area contributed by atoms with Gasteiger partial charge in [0.1, 0.15) is 12.4 Å². The zero-order valence-corrected chi connectivity index (χ0v) is 11.9. The molecule has 5 heteroatoms. The third-order valence-electron chi connectivity index (χ3n) is 3.01. The Bertz CT molecular complexity index is 552. The van der Waals surface area contributed by atoms with Crippen LogP contribution >= 0.6 is 0 Å². The number of nitrogens with zero attached hydrogens (tertiary/aromatic N) is 1. The fourth-order valence-electron chi connectivity index (χ4n) is 2.35. The summed E-state index contributed by atoms with van der Waals surface area (Å²) >= 11 is 0. The molecule has 0 amide bonds. The predicted octanol–water partition coefficient (Wildman–Crippen LogP) is 2.24. The average Bonchev–Trinajstić information content (AvgIpc) is 2.27. The normalized spacial score (nSPS) is 15.2. The van der Waals surface area contributed by atoms with E-state index in [1.807, 2.05) is 32.9 Å². The average molecular weight is 269 g/mol. The van der Waals surface area contributed by atoms with Crippen molar-refractivity contribution in [2.45, 2.75) is 27.2 Å². The van der Waals surface area contributed by atoms with Gasteiger partial charge in [-0.1, -0.05) is 13.0 Å². The van der Waals surface area contributed by atoms with Gasteiger partial charge in [0.25, 0.3) is 0 Å². The Morgan fingerprint density at radius 2 is 2.06 bits per heavy atom. The summed E-state index contributed by atoms with van der Waals surface area (Å²) in [6.07, 6.45) is 0.625. The summed E-state index contributed by atoms with van der Waals surface area (Å²) in [7, 11) is -3.23. The van der Waals surface area contributed by atoms with E-state index < -0.39 is 10.0 Å². The molecule has 1 aromatic carbocycles. The number of benzene rings is 1. The van der Waals surface area contributed by atoms with Crippen molar-refractivity contribution in [1.29, 1.82) is 0 Å². The fraction of sp³-hybridized carbons (Fsp3) is 0.538. The molecule has 0 atom stereocenters. The second-order valence-electron chi connectivity index (χ2n) is 4.67. The fourth-order valence-corrected chi connectivity index (χ4v) is 3.95. The zero-order valence-electron chi connectivity index (χ0n) is 11.1. The van der Waals surface area contributed by atoms with Gasteiger partial charge >= 0.3 is 0 Å². The molecule has 18 heavy (non-hydrogen) atoms. The van der Waals surface area contributed by atoms with Crippen molar-refractivity contribution in [3.8, 4) is 5.75 Å². The van der Waals surface area contributed by atoms with Crippen LogP contribution in [0.2, 0.25) is 0 Å². The second-order valence-corrected chi connectivity index (χ2v) is 6.68. The highest BCUT2D eigenvalue weighted by atomic mass is 32.2. The van der Waals surface area contributed by atoms with Crippen LogP contribution in [0.5, 0.6) is 5.75 Å². The van der Waals surface area contributed by atoms with Crippen LogP contribution in [0, 0.1) is 13.8 Å². The third kappa shape index (κ3) is 2.32. The van der Waals surface area contributed by atoms with E-state index in [4.69, 9.17) is 4.74 Å². The summed E-state index contributed by atoms with van der Waals surface area (Å²) in [5.74, 6) is 0.859. The Morgan fingerprint density at radius 3 is 2.72 bits per heavy atom. The Hall–Kier alpha value is -1.23. The standard InChI is InChI=1S/C13H19NO3S/c1-4-7-18(15,16)14-5-6-17-12-9-10(2)8-11(3)13(12)14/h8-9H,4-7H2,1-3H3. The number of ether oxygens (including phenoxy) is 1. The molecule has 0 aliphatic carbocycles. The lowest BCUT2D eigenvalue weighted by Gasteiger charge is -2.32. The highest BCUT2D eigenvalue weighted by Crippen LogP contribution is 2.37. The summed E-state index contributed by atoms with van der Waals surface area (Å²) in [5.41, 5.74) is 2.74. The molecule has 0 spiro atoms. The van der Waals surface area contributed by atoms with E-state index in [1.165, 1.54) is 4.31 Å². The molecular formula is C13H19NO3S. The van der Waals surface area contributed by atoms with Crippen LogP contribution in [0.4, 0.5) is 5.69 Å². The highest BCUT2D eigenvalue weighted by molar-refractivity contribution is 7.92. The molecule has 0 unspecified atom stereocenters. The molecule has 1 aliphatic heterocycles. The summed E-state index contributed by atoms with van der Waals surface area (Å²) in [4.78, 5) is 0. The van der Waals surface area contributed by atoms with Crippen molar-refractivity contribution in [2.75, 3.05) is 23.2 Å². The van der Waals surface area contributed by atoms with Gasteiger partial charge in [-0.25, -0.2) is 8.42 Å². The first-order valence-corrected chi connectivity index (χ1v) is 7.81. The first-order chi connectivity index (χ1) is 8.45. The lowest BCUT2D eigenvalue weighted by atomic mass is 10.1. The molecule has 0 fully saturated rings.